The van der Waals surface area contributed by atoms with Gasteiger partial charge in [0.25, 0.3) is 0 Å². The molecule has 2 unspecified atom stereocenters. The fourth-order valence-electron chi connectivity index (χ4n) is 3.55. The van der Waals surface area contributed by atoms with Crippen molar-refractivity contribution in [2.75, 3.05) is 6.54 Å². The van der Waals surface area contributed by atoms with Crippen LogP contribution in [0.3, 0.4) is 0 Å². The first kappa shape index (κ1) is 15.5. The van der Waals surface area contributed by atoms with E-state index >= 15 is 0 Å². The summed E-state index contributed by atoms with van der Waals surface area (Å²) in [7, 11) is 0. The number of carbonyl (C=O) groups excluding carboxylic acids is 1. The van der Waals surface area contributed by atoms with E-state index in [2.05, 4.69) is 5.32 Å². The van der Waals surface area contributed by atoms with Gasteiger partial charge in [-0.2, -0.15) is 0 Å². The number of aliphatic hydroxyl groups is 1. The molecule has 1 aromatic carbocycles. The predicted molar refractivity (Wildman–Crippen MR) is 82.9 cm³/mol. The summed E-state index contributed by atoms with van der Waals surface area (Å²) in [6, 6.07) is 6.67. The molecular weight excluding hydrogens is 281 g/mol. The third kappa shape index (κ3) is 3.49. The molecule has 1 aromatic rings. The molecule has 2 saturated carbocycles. The third-order valence-electron chi connectivity index (χ3n) is 5.06. The average Bonchev–Trinajstić information content (AvgIpc) is 3.31. The molecule has 2 atom stereocenters. The fourth-order valence-corrected chi connectivity index (χ4v) is 3.55. The van der Waals surface area contributed by atoms with Gasteiger partial charge in [-0.25, -0.2) is 4.39 Å². The molecule has 2 fully saturated rings. The molecular formula is C18H24FNO2. The molecule has 22 heavy (non-hydrogen) atoms. The van der Waals surface area contributed by atoms with E-state index < -0.39 is 5.60 Å². The summed E-state index contributed by atoms with van der Waals surface area (Å²) in [5.74, 6) is -0.438. The smallest absolute Gasteiger partial charge is 0.223 e. The van der Waals surface area contributed by atoms with Crippen LogP contribution in [0.4, 0.5) is 4.39 Å². The highest BCUT2D eigenvalue weighted by Gasteiger charge is 2.45. The van der Waals surface area contributed by atoms with Crippen molar-refractivity contribution in [2.24, 2.45) is 5.92 Å². The van der Waals surface area contributed by atoms with Crippen LogP contribution in [0.15, 0.2) is 24.3 Å². The number of amides is 1. The van der Waals surface area contributed by atoms with Crippen molar-refractivity contribution < 1.29 is 14.3 Å². The van der Waals surface area contributed by atoms with Gasteiger partial charge in [0, 0.05) is 12.5 Å². The molecule has 3 nitrogen and oxygen atoms in total. The van der Waals surface area contributed by atoms with Crippen LogP contribution < -0.4 is 5.32 Å². The van der Waals surface area contributed by atoms with Gasteiger partial charge in [-0.15, -0.1) is 0 Å². The summed E-state index contributed by atoms with van der Waals surface area (Å²) in [6.45, 7) is 0.326. The second-order valence-electron chi connectivity index (χ2n) is 6.83. The zero-order valence-corrected chi connectivity index (χ0v) is 12.9. The Morgan fingerprint density at radius 3 is 2.59 bits per heavy atom. The summed E-state index contributed by atoms with van der Waals surface area (Å²) in [4.78, 5) is 12.2. The van der Waals surface area contributed by atoms with Gasteiger partial charge in [-0.1, -0.05) is 43.9 Å². The van der Waals surface area contributed by atoms with E-state index in [-0.39, 0.29) is 23.6 Å². The summed E-state index contributed by atoms with van der Waals surface area (Å²) in [6.07, 6.45) is 6.58. The van der Waals surface area contributed by atoms with Crippen molar-refractivity contribution in [3.05, 3.63) is 35.6 Å². The van der Waals surface area contributed by atoms with Gasteiger partial charge < -0.3 is 10.4 Å². The quantitative estimate of drug-likeness (QED) is 0.840. The SMILES string of the molecule is O=C(NCC1(O)CCCCCC1)C1CC1c1ccccc1F. The van der Waals surface area contributed by atoms with E-state index in [4.69, 9.17) is 0 Å². The van der Waals surface area contributed by atoms with Crippen LogP contribution in [0.25, 0.3) is 0 Å². The monoisotopic (exact) mass is 305 g/mol. The Kier molecular flexibility index (Phi) is 4.48. The van der Waals surface area contributed by atoms with Gasteiger partial charge >= 0.3 is 0 Å². The molecule has 2 N–H and O–H groups in total. The van der Waals surface area contributed by atoms with Crippen LogP contribution in [0, 0.1) is 11.7 Å². The van der Waals surface area contributed by atoms with Crippen LogP contribution in [0.5, 0.6) is 0 Å². The normalized spacial score (nSPS) is 27.0. The first-order valence-corrected chi connectivity index (χ1v) is 8.34. The Labute approximate surface area is 130 Å². The Morgan fingerprint density at radius 2 is 1.91 bits per heavy atom. The Bertz CT molecular complexity index is 538. The van der Waals surface area contributed by atoms with Gasteiger partial charge in [-0.05, 0) is 36.8 Å². The molecule has 120 valence electrons. The lowest BCUT2D eigenvalue weighted by atomic mass is 9.94. The van der Waals surface area contributed by atoms with Crippen LogP contribution in [-0.2, 0) is 4.79 Å². The van der Waals surface area contributed by atoms with Crippen molar-refractivity contribution in [2.45, 2.75) is 56.5 Å². The lowest BCUT2D eigenvalue weighted by molar-refractivity contribution is -0.123. The number of hydrogen-bond donors (Lipinski definition) is 2. The van der Waals surface area contributed by atoms with Crippen LogP contribution in [0.1, 0.15) is 56.4 Å². The van der Waals surface area contributed by atoms with Crippen molar-refractivity contribution in [3.63, 3.8) is 0 Å². The Hall–Kier alpha value is -1.42. The summed E-state index contributed by atoms with van der Waals surface area (Å²) in [5.41, 5.74) is -0.120. The molecule has 0 bridgehead atoms. The predicted octanol–water partition coefficient (Wildman–Crippen LogP) is 3.13. The minimum atomic E-state index is -0.755. The van der Waals surface area contributed by atoms with Gasteiger partial charge in [0.1, 0.15) is 5.82 Å². The molecule has 3 rings (SSSR count). The summed E-state index contributed by atoms with van der Waals surface area (Å²) < 4.78 is 13.7. The standard InChI is InChI=1S/C18H24FNO2/c19-16-8-4-3-7-13(16)14-11-15(14)17(21)20-12-18(22)9-5-1-2-6-10-18/h3-4,7-8,14-15,22H,1-2,5-6,9-12H2,(H,20,21). The molecule has 0 spiro atoms. The summed E-state index contributed by atoms with van der Waals surface area (Å²) >= 11 is 0. The van der Waals surface area contributed by atoms with Crippen LogP contribution in [-0.4, -0.2) is 23.2 Å². The molecule has 0 heterocycles. The first-order valence-electron chi connectivity index (χ1n) is 8.34. The largest absolute Gasteiger partial charge is 0.388 e. The van der Waals surface area contributed by atoms with Gasteiger partial charge in [0.15, 0.2) is 0 Å². The van der Waals surface area contributed by atoms with Crippen molar-refractivity contribution >= 4 is 5.91 Å². The van der Waals surface area contributed by atoms with Gasteiger partial charge in [0.05, 0.1) is 5.60 Å². The number of carbonyl (C=O) groups is 1. The number of rotatable bonds is 4. The molecule has 0 radical (unpaired) electrons. The molecule has 4 heteroatoms. The highest BCUT2D eigenvalue weighted by atomic mass is 19.1. The molecule has 0 saturated heterocycles. The van der Waals surface area contributed by atoms with Crippen LogP contribution in [0.2, 0.25) is 0 Å². The number of halogens is 1. The zero-order chi connectivity index (χ0) is 15.6. The summed E-state index contributed by atoms with van der Waals surface area (Å²) in [5, 5.41) is 13.4. The highest BCUT2D eigenvalue weighted by Crippen LogP contribution is 2.48. The molecule has 0 aliphatic heterocycles. The molecule has 1 amide bonds. The maximum Gasteiger partial charge on any atom is 0.223 e. The van der Waals surface area contributed by atoms with E-state index in [0.717, 1.165) is 38.5 Å². The molecule has 0 aromatic heterocycles. The average molecular weight is 305 g/mol. The fraction of sp³-hybridized carbons (Fsp3) is 0.611. The van der Waals surface area contributed by atoms with E-state index in [0.29, 0.717) is 18.5 Å². The van der Waals surface area contributed by atoms with Crippen LogP contribution >= 0.6 is 0 Å². The maximum atomic E-state index is 13.7. The lowest BCUT2D eigenvalue weighted by Gasteiger charge is -2.26. The van der Waals surface area contributed by atoms with Crippen molar-refractivity contribution in [1.82, 2.24) is 5.32 Å². The van der Waals surface area contributed by atoms with Gasteiger partial charge in [0.2, 0.25) is 5.91 Å². The third-order valence-corrected chi connectivity index (χ3v) is 5.06. The Morgan fingerprint density at radius 1 is 1.23 bits per heavy atom. The topological polar surface area (TPSA) is 49.3 Å². The maximum absolute atomic E-state index is 13.7. The minimum Gasteiger partial charge on any atom is -0.388 e. The lowest BCUT2D eigenvalue weighted by Crippen LogP contribution is -2.43. The highest BCUT2D eigenvalue weighted by molar-refractivity contribution is 5.83. The van der Waals surface area contributed by atoms with Crippen molar-refractivity contribution in [3.8, 4) is 0 Å². The van der Waals surface area contributed by atoms with E-state index in [9.17, 15) is 14.3 Å². The first-order chi connectivity index (χ1) is 10.6. The second-order valence-corrected chi connectivity index (χ2v) is 6.83. The van der Waals surface area contributed by atoms with Gasteiger partial charge in [-0.3, -0.25) is 4.79 Å². The minimum absolute atomic E-state index is 0.00928. The zero-order valence-electron chi connectivity index (χ0n) is 12.9. The number of hydrogen-bond acceptors (Lipinski definition) is 2. The van der Waals surface area contributed by atoms with E-state index in [1.165, 1.54) is 6.07 Å². The molecule has 2 aliphatic carbocycles. The van der Waals surface area contributed by atoms with E-state index in [1.807, 2.05) is 0 Å². The van der Waals surface area contributed by atoms with E-state index in [1.54, 1.807) is 18.2 Å². The van der Waals surface area contributed by atoms with Crippen molar-refractivity contribution in [1.29, 1.82) is 0 Å². The number of nitrogens with one attached hydrogen (secondary N) is 1. The number of benzene rings is 1. The Balaban J connectivity index is 1.52. The molecule has 2 aliphatic rings. The second kappa shape index (κ2) is 6.37.